The Morgan fingerprint density at radius 2 is 1.59 bits per heavy atom. The fourth-order valence-corrected chi connectivity index (χ4v) is 11.8. The van der Waals surface area contributed by atoms with Crippen LogP contribution in [0.25, 0.3) is 22.2 Å². The van der Waals surface area contributed by atoms with Crippen molar-refractivity contribution in [1.29, 1.82) is 0 Å². The summed E-state index contributed by atoms with van der Waals surface area (Å²) < 4.78 is 32.6. The molecule has 0 bridgehead atoms. The Hall–Kier alpha value is -4.93. The van der Waals surface area contributed by atoms with E-state index in [-0.39, 0.29) is 31.1 Å². The minimum atomic E-state index is -3.99. The van der Waals surface area contributed by atoms with Gasteiger partial charge in [-0.2, -0.15) is 0 Å². The normalized spacial score (nSPS) is 26.4. The molecular weight excluding hydrogens is 767 g/mol. The molecule has 2 saturated carbocycles. The van der Waals surface area contributed by atoms with Crippen LogP contribution in [0.5, 0.6) is 11.5 Å². The lowest BCUT2D eigenvalue weighted by molar-refractivity contribution is -0.140. The summed E-state index contributed by atoms with van der Waals surface area (Å²) in [5, 5.41) is 5.43. The molecule has 2 saturated heterocycles. The molecule has 2 aliphatic heterocycles. The number of benzene rings is 3. The van der Waals surface area contributed by atoms with Gasteiger partial charge >= 0.3 is 6.09 Å². The van der Waals surface area contributed by atoms with Gasteiger partial charge < -0.3 is 34.6 Å². The summed E-state index contributed by atoms with van der Waals surface area (Å²) in [6, 6.07) is 24.5. The molecule has 13 heteroatoms. The first kappa shape index (κ1) is 40.8. The van der Waals surface area contributed by atoms with Crippen LogP contribution in [0.4, 0.5) is 4.79 Å². The van der Waals surface area contributed by atoms with E-state index in [1.165, 1.54) is 4.90 Å². The van der Waals surface area contributed by atoms with Crippen LogP contribution in [0, 0.1) is 5.92 Å². The summed E-state index contributed by atoms with van der Waals surface area (Å²) in [7, 11) is -2.39. The molecular formula is C46H55N4O8P. The molecule has 2 aliphatic carbocycles. The first-order valence-electron chi connectivity index (χ1n) is 21.3. The Balaban J connectivity index is 1.12. The Labute approximate surface area is 345 Å². The molecule has 0 spiro atoms. The zero-order chi connectivity index (χ0) is 41.0. The van der Waals surface area contributed by atoms with Crippen molar-refractivity contribution in [3.8, 4) is 22.8 Å². The number of alkyl carbamates (subject to hydrolysis) is 1. The van der Waals surface area contributed by atoms with Crippen molar-refractivity contribution in [3.05, 3.63) is 90.5 Å². The number of ether oxygens (including phenoxy) is 3. The van der Waals surface area contributed by atoms with Gasteiger partial charge in [0, 0.05) is 29.5 Å². The first-order chi connectivity index (χ1) is 28.6. The minimum absolute atomic E-state index is 0.0602. The SMILES string of the molecule is COc1ccc2c(O[C@@H]3C[C@H]4C(=O)N[C@]5(P(=O)(O)Cc6ccccc6)C[C@@H]5CCCCCCC[C@H](NC(=O)OC5CCCC5)C(=O)N4C3)cc(-c3ccccc3)nc2c1. The van der Waals surface area contributed by atoms with E-state index < -0.39 is 48.7 Å². The van der Waals surface area contributed by atoms with Gasteiger partial charge in [0.1, 0.15) is 41.1 Å². The fourth-order valence-electron chi connectivity index (χ4n) is 9.37. The van der Waals surface area contributed by atoms with E-state index in [0.717, 1.165) is 74.3 Å². The van der Waals surface area contributed by atoms with Crippen LogP contribution in [-0.2, 0) is 25.1 Å². The lowest BCUT2D eigenvalue weighted by Crippen LogP contribution is -2.55. The summed E-state index contributed by atoms with van der Waals surface area (Å²) in [6.07, 6.45) is 8.00. The van der Waals surface area contributed by atoms with Crippen LogP contribution >= 0.6 is 7.37 Å². The number of nitrogens with one attached hydrogen (secondary N) is 2. The molecule has 4 fully saturated rings. The number of hydrogen-bond donors (Lipinski definition) is 3. The highest BCUT2D eigenvalue weighted by Gasteiger charge is 2.66. The number of rotatable bonds is 9. The summed E-state index contributed by atoms with van der Waals surface area (Å²) in [6.45, 7) is 0.0602. The average molecular weight is 823 g/mol. The van der Waals surface area contributed by atoms with Gasteiger partial charge in [-0.15, -0.1) is 0 Å². The highest BCUT2D eigenvalue weighted by molar-refractivity contribution is 7.59. The number of carbonyl (C=O) groups excluding carboxylic acids is 3. The highest BCUT2D eigenvalue weighted by atomic mass is 31.2. The second-order valence-electron chi connectivity index (χ2n) is 16.8. The molecule has 6 atom stereocenters. The zero-order valence-corrected chi connectivity index (χ0v) is 34.6. The summed E-state index contributed by atoms with van der Waals surface area (Å²) in [5.74, 6) is 0.117. The van der Waals surface area contributed by atoms with Crippen molar-refractivity contribution in [1.82, 2.24) is 20.5 Å². The molecule has 4 aliphatic rings. The molecule has 3 heterocycles. The smallest absolute Gasteiger partial charge is 0.408 e. The second-order valence-corrected chi connectivity index (χ2v) is 19.3. The van der Waals surface area contributed by atoms with Gasteiger partial charge in [-0.1, -0.05) is 92.8 Å². The van der Waals surface area contributed by atoms with Gasteiger partial charge in [0.2, 0.25) is 19.2 Å². The Bertz CT molecular complexity index is 2180. The summed E-state index contributed by atoms with van der Waals surface area (Å²) >= 11 is 0. The van der Waals surface area contributed by atoms with Crippen molar-refractivity contribution in [3.63, 3.8) is 0 Å². The van der Waals surface area contributed by atoms with E-state index in [0.29, 0.717) is 42.0 Å². The van der Waals surface area contributed by atoms with Crippen LogP contribution in [0.1, 0.15) is 89.0 Å². The maximum Gasteiger partial charge on any atom is 0.408 e. The van der Waals surface area contributed by atoms with Gasteiger partial charge in [0.05, 0.1) is 31.0 Å². The number of aromatic nitrogens is 1. The third kappa shape index (κ3) is 9.14. The number of pyridine rings is 1. The quantitative estimate of drug-likeness (QED) is 0.141. The molecule has 3 aromatic carbocycles. The summed E-state index contributed by atoms with van der Waals surface area (Å²) in [5.41, 5.74) is 2.96. The third-order valence-electron chi connectivity index (χ3n) is 12.7. The Morgan fingerprint density at radius 3 is 2.34 bits per heavy atom. The molecule has 4 aromatic rings. The lowest BCUT2D eigenvalue weighted by Gasteiger charge is -2.31. The fraction of sp³-hybridized carbons (Fsp3) is 0.478. The largest absolute Gasteiger partial charge is 0.497 e. The number of hydrogen-bond acceptors (Lipinski definition) is 8. The maximum atomic E-state index is 14.8. The molecule has 12 nitrogen and oxygen atoms in total. The van der Waals surface area contributed by atoms with Crippen LogP contribution in [0.2, 0.25) is 0 Å². The van der Waals surface area contributed by atoms with Gasteiger partial charge in [-0.25, -0.2) is 9.78 Å². The molecule has 3 amide bonds. The molecule has 3 N–H and O–H groups in total. The summed E-state index contributed by atoms with van der Waals surface area (Å²) in [4.78, 5) is 61.2. The highest BCUT2D eigenvalue weighted by Crippen LogP contribution is 2.71. The number of methoxy groups -OCH3 is 1. The topological polar surface area (TPSA) is 156 Å². The molecule has 59 heavy (non-hydrogen) atoms. The molecule has 312 valence electrons. The van der Waals surface area contributed by atoms with E-state index in [9.17, 15) is 23.8 Å². The minimum Gasteiger partial charge on any atom is -0.497 e. The van der Waals surface area contributed by atoms with Crippen LogP contribution in [-0.4, -0.2) is 75.9 Å². The van der Waals surface area contributed by atoms with E-state index >= 15 is 0 Å². The van der Waals surface area contributed by atoms with Crippen molar-refractivity contribution in [2.24, 2.45) is 5.92 Å². The molecule has 1 aromatic heterocycles. The maximum absolute atomic E-state index is 14.8. The predicted octanol–water partition coefficient (Wildman–Crippen LogP) is 8.34. The average Bonchev–Trinajstić information content (AvgIpc) is 3.49. The zero-order valence-electron chi connectivity index (χ0n) is 33.7. The third-order valence-corrected chi connectivity index (χ3v) is 15.4. The second kappa shape index (κ2) is 17.7. The van der Waals surface area contributed by atoms with Crippen LogP contribution in [0.3, 0.4) is 0 Å². The Morgan fingerprint density at radius 1 is 0.898 bits per heavy atom. The monoisotopic (exact) mass is 822 g/mol. The number of amides is 3. The lowest BCUT2D eigenvalue weighted by atomic mass is 10.0. The van der Waals surface area contributed by atoms with E-state index in [4.69, 9.17) is 19.2 Å². The molecule has 1 unspecified atom stereocenters. The van der Waals surface area contributed by atoms with Gasteiger partial charge in [-0.05, 0) is 68.6 Å². The number of carbonyl (C=O) groups is 3. The van der Waals surface area contributed by atoms with Crippen molar-refractivity contribution < 1.29 is 38.1 Å². The van der Waals surface area contributed by atoms with E-state index in [2.05, 4.69) is 10.6 Å². The number of nitrogens with zero attached hydrogens (tertiary/aromatic N) is 2. The van der Waals surface area contributed by atoms with Gasteiger partial charge in [0.25, 0.3) is 0 Å². The van der Waals surface area contributed by atoms with Gasteiger partial charge in [-0.3, -0.25) is 14.2 Å². The van der Waals surface area contributed by atoms with Gasteiger partial charge in [0.15, 0.2) is 0 Å². The van der Waals surface area contributed by atoms with Crippen molar-refractivity contribution in [2.45, 2.75) is 119 Å². The molecule has 8 rings (SSSR count). The number of fused-ring (bicyclic) bond motifs is 3. The first-order valence-corrected chi connectivity index (χ1v) is 23.1. The predicted molar refractivity (Wildman–Crippen MR) is 225 cm³/mol. The van der Waals surface area contributed by atoms with Crippen molar-refractivity contribution in [2.75, 3.05) is 13.7 Å². The van der Waals surface area contributed by atoms with E-state index in [1.54, 1.807) is 7.11 Å². The van der Waals surface area contributed by atoms with Crippen LogP contribution in [0.15, 0.2) is 84.9 Å². The van der Waals surface area contributed by atoms with Crippen LogP contribution < -0.4 is 20.1 Å². The van der Waals surface area contributed by atoms with Crippen molar-refractivity contribution >= 4 is 36.2 Å². The standard InChI is InChI=1S/C46H55N4O8P/c1-56-35-23-24-37-40(25-35)47-39(32-17-9-6-10-18-32)27-42(37)57-36-26-41-43(51)49-46(59(54,55)30-31-15-7-5-8-16-31)28-33(46)19-11-3-2-4-12-22-38(44(52)50(41)29-36)48-45(53)58-34-20-13-14-21-34/h5-10,15-18,23-25,27,33-34,36,38,41H,2-4,11-14,19-22,26,28-30H2,1H3,(H,48,53)(H,49,51)(H,54,55)/t33-,36+,38-,41-,46-/m0/s1. The van der Waals surface area contributed by atoms with E-state index in [1.807, 2.05) is 84.9 Å². The Kier molecular flexibility index (Phi) is 12.3. The molecule has 0 radical (unpaired) electrons.